The Morgan fingerprint density at radius 3 is 2.44 bits per heavy atom. The van der Waals surface area contributed by atoms with Crippen LogP contribution in [0, 0.1) is 0 Å². The number of thiophene rings is 1. The molecule has 2 aromatic carbocycles. The predicted octanol–water partition coefficient (Wildman–Crippen LogP) is 3.36. The zero-order chi connectivity index (χ0) is 22.7. The van der Waals surface area contributed by atoms with E-state index in [0.29, 0.717) is 6.54 Å². The van der Waals surface area contributed by atoms with Gasteiger partial charge in [0.05, 0.1) is 29.8 Å². The minimum Gasteiger partial charge on any atom is -0.452 e. The van der Waals surface area contributed by atoms with E-state index in [-0.39, 0.29) is 29.1 Å². The number of ether oxygens (including phenoxy) is 1. The van der Waals surface area contributed by atoms with E-state index in [0.717, 1.165) is 15.3 Å². The molecule has 1 aliphatic rings. The highest BCUT2D eigenvalue weighted by Crippen LogP contribution is 2.26. The Labute approximate surface area is 188 Å². The van der Waals surface area contributed by atoms with Crippen molar-refractivity contribution in [2.75, 3.05) is 13.7 Å². The third kappa shape index (κ3) is 4.45. The van der Waals surface area contributed by atoms with Gasteiger partial charge in [0.15, 0.2) is 6.61 Å². The van der Waals surface area contributed by atoms with Gasteiger partial charge in [-0.1, -0.05) is 36.4 Å². The molecule has 0 unspecified atom stereocenters. The van der Waals surface area contributed by atoms with E-state index in [9.17, 15) is 19.2 Å². The Kier molecular flexibility index (Phi) is 6.13. The van der Waals surface area contributed by atoms with Crippen LogP contribution >= 0.6 is 11.3 Å². The average Bonchev–Trinajstić information content (AvgIpc) is 3.40. The minimum atomic E-state index is -0.729. The molecule has 0 N–H and O–H groups in total. The largest absolute Gasteiger partial charge is 0.452 e. The van der Waals surface area contributed by atoms with Gasteiger partial charge < -0.3 is 9.64 Å². The van der Waals surface area contributed by atoms with Crippen LogP contribution in [0.1, 0.15) is 41.5 Å². The summed E-state index contributed by atoms with van der Waals surface area (Å²) in [5.74, 6) is -1.94. The van der Waals surface area contributed by atoms with Crippen molar-refractivity contribution in [2.45, 2.75) is 13.1 Å². The number of likely N-dealkylation sites (N-methyl/N-ethyl adjacent to an activating group) is 1. The molecule has 2 heterocycles. The van der Waals surface area contributed by atoms with Crippen LogP contribution in [0.5, 0.6) is 0 Å². The van der Waals surface area contributed by atoms with Crippen molar-refractivity contribution in [1.29, 1.82) is 0 Å². The van der Waals surface area contributed by atoms with Gasteiger partial charge in [0, 0.05) is 11.9 Å². The average molecular weight is 449 g/mol. The van der Waals surface area contributed by atoms with E-state index in [2.05, 4.69) is 0 Å². The van der Waals surface area contributed by atoms with Crippen molar-refractivity contribution in [1.82, 2.24) is 9.80 Å². The molecule has 0 atom stereocenters. The lowest BCUT2D eigenvalue weighted by Gasteiger charge is -2.16. The lowest BCUT2D eigenvalue weighted by molar-refractivity contribution is -0.133. The summed E-state index contributed by atoms with van der Waals surface area (Å²) in [4.78, 5) is 53.8. The van der Waals surface area contributed by atoms with E-state index in [1.54, 1.807) is 7.05 Å². The van der Waals surface area contributed by atoms with E-state index in [4.69, 9.17) is 4.74 Å². The number of hydrogen-bond acceptors (Lipinski definition) is 6. The number of hydrogen-bond donors (Lipinski definition) is 0. The zero-order valence-electron chi connectivity index (χ0n) is 17.3. The van der Waals surface area contributed by atoms with Gasteiger partial charge in [0.25, 0.3) is 17.7 Å². The van der Waals surface area contributed by atoms with Crippen LogP contribution < -0.4 is 0 Å². The molecule has 7 nitrogen and oxygen atoms in total. The molecule has 0 saturated heterocycles. The number of fused-ring (bicyclic) bond motifs is 1. The number of amides is 3. The molecule has 0 aliphatic carbocycles. The van der Waals surface area contributed by atoms with Crippen molar-refractivity contribution in [2.24, 2.45) is 0 Å². The third-order valence-corrected chi connectivity index (χ3v) is 5.98. The fourth-order valence-electron chi connectivity index (χ4n) is 3.37. The Balaban J connectivity index is 1.40. The number of nitrogens with zero attached hydrogens (tertiary/aromatic N) is 2. The van der Waals surface area contributed by atoms with Gasteiger partial charge in [-0.05, 0) is 35.2 Å². The third-order valence-electron chi connectivity index (χ3n) is 5.12. The maximum absolute atomic E-state index is 12.8. The highest BCUT2D eigenvalue weighted by Gasteiger charge is 2.36. The zero-order valence-corrected chi connectivity index (χ0v) is 18.1. The second-order valence-corrected chi connectivity index (χ2v) is 8.38. The second kappa shape index (κ2) is 9.15. The topological polar surface area (TPSA) is 84.0 Å². The van der Waals surface area contributed by atoms with E-state index in [1.807, 2.05) is 47.8 Å². The summed E-state index contributed by atoms with van der Waals surface area (Å²) in [7, 11) is 1.64. The number of rotatable bonds is 7. The highest BCUT2D eigenvalue weighted by atomic mass is 32.1. The summed E-state index contributed by atoms with van der Waals surface area (Å²) in [5, 5.41) is 1.93. The first-order chi connectivity index (χ1) is 15.4. The first kappa shape index (κ1) is 21.5. The van der Waals surface area contributed by atoms with Gasteiger partial charge in [-0.25, -0.2) is 4.79 Å². The Morgan fingerprint density at radius 1 is 0.969 bits per heavy atom. The predicted molar refractivity (Wildman–Crippen MR) is 118 cm³/mol. The molecule has 32 heavy (non-hydrogen) atoms. The first-order valence-corrected chi connectivity index (χ1v) is 10.8. The van der Waals surface area contributed by atoms with Gasteiger partial charge in [0.1, 0.15) is 0 Å². The molecule has 3 aromatic rings. The Hall–Kier alpha value is -3.78. The van der Waals surface area contributed by atoms with Gasteiger partial charge in [-0.2, -0.15) is 0 Å². The van der Waals surface area contributed by atoms with Gasteiger partial charge in [-0.15, -0.1) is 11.3 Å². The van der Waals surface area contributed by atoms with Crippen LogP contribution in [-0.4, -0.2) is 47.1 Å². The maximum Gasteiger partial charge on any atom is 0.338 e. The van der Waals surface area contributed by atoms with Crippen molar-refractivity contribution in [3.8, 4) is 0 Å². The maximum atomic E-state index is 12.8. The molecule has 0 bridgehead atoms. The van der Waals surface area contributed by atoms with Crippen molar-refractivity contribution >= 4 is 35.0 Å². The minimum absolute atomic E-state index is 0.111. The normalized spacial score (nSPS) is 12.6. The van der Waals surface area contributed by atoms with Crippen molar-refractivity contribution in [3.05, 3.63) is 93.2 Å². The summed E-state index contributed by atoms with van der Waals surface area (Å²) in [6.45, 7) is 0.170. The Bertz CT molecular complexity index is 1170. The monoisotopic (exact) mass is 448 g/mol. The molecule has 1 aromatic heterocycles. The SMILES string of the molecule is CN(Cc1cccs1)C(=O)COC(=O)c1ccc2c(c1)C(=O)N(Cc1ccccc1)C2=O. The molecular weight excluding hydrogens is 428 g/mol. The fraction of sp³-hybridized carbons (Fsp3) is 0.167. The summed E-state index contributed by atoms with van der Waals surface area (Å²) in [6, 6.07) is 17.2. The molecule has 162 valence electrons. The van der Waals surface area contributed by atoms with E-state index < -0.39 is 24.4 Å². The summed E-state index contributed by atoms with van der Waals surface area (Å²) in [6.07, 6.45) is 0. The van der Waals surface area contributed by atoms with E-state index in [1.165, 1.54) is 34.4 Å². The number of carbonyl (C=O) groups is 4. The van der Waals surface area contributed by atoms with Crippen LogP contribution in [0.15, 0.2) is 66.0 Å². The lowest BCUT2D eigenvalue weighted by atomic mass is 10.1. The van der Waals surface area contributed by atoms with Crippen LogP contribution in [-0.2, 0) is 22.6 Å². The smallest absolute Gasteiger partial charge is 0.338 e. The summed E-state index contributed by atoms with van der Waals surface area (Å²) in [5.41, 5.74) is 1.34. The highest BCUT2D eigenvalue weighted by molar-refractivity contribution is 7.09. The molecule has 0 fully saturated rings. The van der Waals surface area contributed by atoms with Crippen molar-refractivity contribution < 1.29 is 23.9 Å². The van der Waals surface area contributed by atoms with Crippen LogP contribution in [0.4, 0.5) is 0 Å². The van der Waals surface area contributed by atoms with Crippen molar-refractivity contribution in [3.63, 3.8) is 0 Å². The molecule has 4 rings (SSSR count). The Morgan fingerprint density at radius 2 is 1.72 bits per heavy atom. The second-order valence-electron chi connectivity index (χ2n) is 7.35. The number of benzene rings is 2. The first-order valence-electron chi connectivity index (χ1n) is 9.91. The molecule has 0 saturated carbocycles. The molecule has 8 heteroatoms. The molecular formula is C24H20N2O5S. The quantitative estimate of drug-likeness (QED) is 0.409. The van der Waals surface area contributed by atoms with Crippen LogP contribution in [0.25, 0.3) is 0 Å². The van der Waals surface area contributed by atoms with Gasteiger partial charge >= 0.3 is 5.97 Å². The standard InChI is InChI=1S/C24H20N2O5S/c1-25(14-18-8-5-11-32-18)21(27)15-31-24(30)17-9-10-19-20(12-17)23(29)26(22(19)28)13-16-6-3-2-4-7-16/h2-12H,13-15H2,1H3. The van der Waals surface area contributed by atoms with E-state index >= 15 is 0 Å². The fourth-order valence-corrected chi connectivity index (χ4v) is 4.13. The molecule has 3 amide bonds. The molecule has 0 spiro atoms. The molecule has 1 aliphatic heterocycles. The number of imide groups is 1. The molecule has 0 radical (unpaired) electrons. The van der Waals surface area contributed by atoms with Gasteiger partial charge in [-0.3, -0.25) is 19.3 Å². The number of carbonyl (C=O) groups excluding carboxylic acids is 4. The summed E-state index contributed by atoms with van der Waals surface area (Å²) < 4.78 is 5.14. The van der Waals surface area contributed by atoms with Crippen LogP contribution in [0.2, 0.25) is 0 Å². The summed E-state index contributed by atoms with van der Waals surface area (Å²) >= 11 is 1.54. The van der Waals surface area contributed by atoms with Crippen LogP contribution in [0.3, 0.4) is 0 Å². The number of esters is 1. The lowest BCUT2D eigenvalue weighted by Crippen LogP contribution is -2.30. The van der Waals surface area contributed by atoms with Gasteiger partial charge in [0.2, 0.25) is 0 Å².